The number of nitrogens with one attached hydrogen (secondary N) is 1. The van der Waals surface area contributed by atoms with Crippen molar-refractivity contribution in [1.29, 1.82) is 0 Å². The molecule has 1 aromatic carbocycles. The van der Waals surface area contributed by atoms with Crippen molar-refractivity contribution in [3.05, 3.63) is 24.3 Å². The molecule has 4 nitrogen and oxygen atoms in total. The van der Waals surface area contributed by atoms with E-state index in [1.807, 2.05) is 0 Å². The molecule has 1 aromatic rings. The van der Waals surface area contributed by atoms with E-state index in [1.54, 1.807) is 18.2 Å². The Bertz CT molecular complexity index is 443. The first-order valence-electron chi connectivity index (χ1n) is 4.46. The molecule has 2 rings (SSSR count). The van der Waals surface area contributed by atoms with Crippen LogP contribution in [0.2, 0.25) is 0 Å². The first kappa shape index (κ1) is 12.3. The largest absolute Gasteiger partial charge is 0.398 e. The fourth-order valence-corrected chi connectivity index (χ4v) is 2.65. The maximum absolute atomic E-state index is 11.7. The van der Waals surface area contributed by atoms with E-state index in [0.29, 0.717) is 5.69 Å². The summed E-state index contributed by atoms with van der Waals surface area (Å²) in [5, 5.41) is 0. The van der Waals surface area contributed by atoms with E-state index < -0.39 is 10.0 Å². The minimum absolute atomic E-state index is 0. The van der Waals surface area contributed by atoms with Gasteiger partial charge < -0.3 is 5.73 Å². The maximum atomic E-state index is 11.7. The second-order valence-electron chi connectivity index (χ2n) is 3.43. The van der Waals surface area contributed by atoms with Gasteiger partial charge in [0.1, 0.15) is 4.90 Å². The molecule has 0 atom stereocenters. The Hall–Kier alpha value is -0.780. The predicted molar refractivity (Wildman–Crippen MR) is 61.4 cm³/mol. The molecule has 0 bridgehead atoms. The summed E-state index contributed by atoms with van der Waals surface area (Å²) in [6.45, 7) is 0. The van der Waals surface area contributed by atoms with Crippen molar-refractivity contribution < 1.29 is 8.42 Å². The van der Waals surface area contributed by atoms with E-state index in [1.165, 1.54) is 6.07 Å². The molecule has 0 heterocycles. The normalized spacial score (nSPS) is 15.7. The average Bonchev–Trinajstić information content (AvgIpc) is 2.88. The first-order valence-corrected chi connectivity index (χ1v) is 5.95. The van der Waals surface area contributed by atoms with E-state index >= 15 is 0 Å². The first-order chi connectivity index (χ1) is 6.59. The van der Waals surface area contributed by atoms with Crippen molar-refractivity contribution in [3.63, 3.8) is 0 Å². The number of anilines is 1. The van der Waals surface area contributed by atoms with Crippen LogP contribution in [0.25, 0.3) is 0 Å². The van der Waals surface area contributed by atoms with Gasteiger partial charge in [0.25, 0.3) is 0 Å². The number of hydrogen-bond donors (Lipinski definition) is 2. The zero-order valence-electron chi connectivity index (χ0n) is 8.01. The van der Waals surface area contributed by atoms with Gasteiger partial charge in [0.2, 0.25) is 10.0 Å². The molecular formula is C9H13ClN2O2S. The van der Waals surface area contributed by atoms with Crippen molar-refractivity contribution in [2.75, 3.05) is 5.73 Å². The van der Waals surface area contributed by atoms with E-state index in [9.17, 15) is 8.42 Å². The number of para-hydroxylation sites is 1. The molecule has 1 saturated carbocycles. The van der Waals surface area contributed by atoms with Gasteiger partial charge in [0.15, 0.2) is 0 Å². The number of hydrogen-bond acceptors (Lipinski definition) is 3. The molecule has 84 valence electrons. The van der Waals surface area contributed by atoms with Gasteiger partial charge in [-0.05, 0) is 25.0 Å². The summed E-state index contributed by atoms with van der Waals surface area (Å²) in [6, 6.07) is 6.59. The number of sulfonamides is 1. The molecule has 0 amide bonds. The zero-order valence-corrected chi connectivity index (χ0v) is 9.64. The lowest BCUT2D eigenvalue weighted by atomic mass is 10.3. The van der Waals surface area contributed by atoms with Gasteiger partial charge >= 0.3 is 0 Å². The molecule has 0 spiro atoms. The summed E-state index contributed by atoms with van der Waals surface area (Å²) in [4.78, 5) is 0.173. The number of rotatable bonds is 3. The Morgan fingerprint density at radius 2 is 1.87 bits per heavy atom. The standard InChI is InChI=1S/C9H12N2O2S.ClH/c10-8-3-1-2-4-9(8)14(12,13)11-7-5-6-7;/h1-4,7,11H,5-6,10H2;1H. The highest BCUT2D eigenvalue weighted by atomic mass is 35.5. The molecule has 15 heavy (non-hydrogen) atoms. The third kappa shape index (κ3) is 2.84. The Morgan fingerprint density at radius 1 is 1.27 bits per heavy atom. The van der Waals surface area contributed by atoms with Gasteiger partial charge in [0, 0.05) is 6.04 Å². The second-order valence-corrected chi connectivity index (χ2v) is 5.12. The SMILES string of the molecule is Cl.Nc1ccccc1S(=O)(=O)NC1CC1. The highest BCUT2D eigenvalue weighted by Gasteiger charge is 2.28. The van der Waals surface area contributed by atoms with E-state index in [4.69, 9.17) is 5.73 Å². The lowest BCUT2D eigenvalue weighted by molar-refractivity contribution is 0.581. The van der Waals surface area contributed by atoms with Crippen LogP contribution in [0.15, 0.2) is 29.2 Å². The molecule has 0 aliphatic heterocycles. The minimum atomic E-state index is -3.40. The molecule has 0 saturated heterocycles. The van der Waals surface area contributed by atoms with Gasteiger partial charge in [-0.3, -0.25) is 0 Å². The quantitative estimate of drug-likeness (QED) is 0.788. The van der Waals surface area contributed by atoms with Crippen LogP contribution in [0, 0.1) is 0 Å². The van der Waals surface area contributed by atoms with Crippen LogP contribution in [-0.2, 0) is 10.0 Å². The summed E-state index contributed by atoms with van der Waals surface area (Å²) in [7, 11) is -3.40. The van der Waals surface area contributed by atoms with Gasteiger partial charge in [-0.1, -0.05) is 12.1 Å². The second kappa shape index (κ2) is 4.38. The van der Waals surface area contributed by atoms with Gasteiger partial charge in [0.05, 0.1) is 5.69 Å². The lowest BCUT2D eigenvalue weighted by Crippen LogP contribution is -2.26. The predicted octanol–water partition coefficient (Wildman–Crippen LogP) is 1.13. The highest BCUT2D eigenvalue weighted by molar-refractivity contribution is 7.89. The smallest absolute Gasteiger partial charge is 0.242 e. The molecule has 1 fully saturated rings. The lowest BCUT2D eigenvalue weighted by Gasteiger charge is -2.07. The molecule has 0 radical (unpaired) electrons. The number of benzene rings is 1. The Balaban J connectivity index is 0.00000112. The Morgan fingerprint density at radius 3 is 2.40 bits per heavy atom. The van der Waals surface area contributed by atoms with Crippen LogP contribution in [0.1, 0.15) is 12.8 Å². The third-order valence-corrected chi connectivity index (χ3v) is 3.70. The van der Waals surface area contributed by atoms with Crippen molar-refractivity contribution in [2.24, 2.45) is 0 Å². The molecule has 0 aromatic heterocycles. The van der Waals surface area contributed by atoms with Crippen LogP contribution in [0.5, 0.6) is 0 Å². The number of nitrogen functional groups attached to an aromatic ring is 1. The number of nitrogens with two attached hydrogens (primary N) is 1. The zero-order chi connectivity index (χ0) is 10.2. The van der Waals surface area contributed by atoms with Crippen LogP contribution in [0.3, 0.4) is 0 Å². The molecule has 0 unspecified atom stereocenters. The third-order valence-electron chi connectivity index (χ3n) is 2.11. The molecular weight excluding hydrogens is 236 g/mol. The Labute approximate surface area is 95.3 Å². The summed E-state index contributed by atoms with van der Waals surface area (Å²) in [6.07, 6.45) is 1.85. The summed E-state index contributed by atoms with van der Waals surface area (Å²) < 4.78 is 26.0. The average molecular weight is 249 g/mol. The molecule has 1 aliphatic rings. The topological polar surface area (TPSA) is 72.2 Å². The van der Waals surface area contributed by atoms with E-state index in [2.05, 4.69) is 4.72 Å². The van der Waals surface area contributed by atoms with Crippen molar-refractivity contribution in [3.8, 4) is 0 Å². The van der Waals surface area contributed by atoms with Gasteiger partial charge in [-0.2, -0.15) is 0 Å². The maximum Gasteiger partial charge on any atom is 0.242 e. The van der Waals surface area contributed by atoms with Crippen LogP contribution < -0.4 is 10.5 Å². The van der Waals surface area contributed by atoms with Gasteiger partial charge in [-0.25, -0.2) is 13.1 Å². The van der Waals surface area contributed by atoms with Crippen LogP contribution in [0.4, 0.5) is 5.69 Å². The van der Waals surface area contributed by atoms with Crippen LogP contribution in [-0.4, -0.2) is 14.5 Å². The van der Waals surface area contributed by atoms with E-state index in [-0.39, 0.29) is 23.3 Å². The monoisotopic (exact) mass is 248 g/mol. The van der Waals surface area contributed by atoms with Crippen molar-refractivity contribution in [1.82, 2.24) is 4.72 Å². The van der Waals surface area contributed by atoms with E-state index in [0.717, 1.165) is 12.8 Å². The number of halogens is 1. The van der Waals surface area contributed by atoms with Crippen molar-refractivity contribution in [2.45, 2.75) is 23.8 Å². The van der Waals surface area contributed by atoms with Crippen molar-refractivity contribution >= 4 is 28.1 Å². The Kier molecular flexibility index (Phi) is 3.59. The summed E-state index contributed by atoms with van der Waals surface area (Å²) in [5.41, 5.74) is 5.88. The summed E-state index contributed by atoms with van der Waals surface area (Å²) >= 11 is 0. The fraction of sp³-hybridized carbons (Fsp3) is 0.333. The molecule has 1 aliphatic carbocycles. The summed E-state index contributed by atoms with van der Waals surface area (Å²) in [5.74, 6) is 0. The fourth-order valence-electron chi connectivity index (χ4n) is 1.21. The minimum Gasteiger partial charge on any atom is -0.398 e. The highest BCUT2D eigenvalue weighted by Crippen LogP contribution is 2.24. The molecule has 3 N–H and O–H groups in total. The van der Waals surface area contributed by atoms with Gasteiger partial charge in [-0.15, -0.1) is 12.4 Å². The van der Waals surface area contributed by atoms with Crippen LogP contribution >= 0.6 is 12.4 Å². The molecule has 6 heteroatoms.